The van der Waals surface area contributed by atoms with Crippen molar-refractivity contribution >= 4 is 0 Å². The molecule has 0 aromatic rings. The van der Waals surface area contributed by atoms with Crippen LogP contribution >= 0.6 is 0 Å². The van der Waals surface area contributed by atoms with Crippen LogP contribution in [0.4, 0.5) is 0 Å². The molecule has 43 valence electrons. The van der Waals surface area contributed by atoms with E-state index in [1.807, 2.05) is 0 Å². The maximum Gasteiger partial charge on any atom is 0 e. The molecule has 7 heavy (non-hydrogen) atoms. The van der Waals surface area contributed by atoms with Gasteiger partial charge in [-0.1, -0.05) is 0 Å². The Morgan fingerprint density at radius 2 is 0.571 bits per heavy atom. The van der Waals surface area contributed by atoms with Gasteiger partial charge in [-0.25, -0.2) is 0 Å². The monoisotopic (exact) mass is 299 g/mol. The van der Waals surface area contributed by atoms with Crippen LogP contribution in [0.1, 0.15) is 0 Å². The van der Waals surface area contributed by atoms with E-state index in [1.165, 1.54) is 0 Å². The van der Waals surface area contributed by atoms with Crippen LogP contribution < -0.4 is 0 Å². The molecule has 0 bridgehead atoms. The number of hydrogen-bond acceptors (Lipinski definition) is 0. The van der Waals surface area contributed by atoms with E-state index in [0.717, 1.165) is 0 Å². The molecule has 0 atom stereocenters. The van der Waals surface area contributed by atoms with Gasteiger partial charge in [-0.3, -0.25) is 0 Å². The van der Waals surface area contributed by atoms with Crippen molar-refractivity contribution in [2.45, 2.75) is 0 Å². The molecular weight excluding hydrogens is 292 g/mol. The molecule has 0 aliphatic carbocycles. The molecule has 7 heteroatoms. The maximum absolute atomic E-state index is 0. The van der Waals surface area contributed by atoms with E-state index in [-0.39, 0.29) is 103 Å². The zero-order chi connectivity index (χ0) is 0. The largest absolute Gasteiger partial charge is 0.412 e. The molecule has 4 nitrogen and oxygen atoms in total. The van der Waals surface area contributed by atoms with E-state index in [4.69, 9.17) is 0 Å². The van der Waals surface area contributed by atoms with Gasteiger partial charge in [0.15, 0.2) is 0 Å². The zero-order valence-corrected chi connectivity index (χ0v) is 10.4. The molecule has 0 aliphatic rings. The van der Waals surface area contributed by atoms with Crippen LogP contribution in [0, 0.1) is 0 Å². The second-order valence-corrected chi connectivity index (χ2v) is 0. The third-order valence-corrected chi connectivity index (χ3v) is 0. The molecule has 0 saturated heterocycles. The first-order chi connectivity index (χ1) is 0. The summed E-state index contributed by atoms with van der Waals surface area (Å²) in [5, 5.41) is 0. The van der Waals surface area contributed by atoms with Crippen LogP contribution in [-0.2, 0) is 80.6 Å². The predicted molar refractivity (Wildman–Crippen MR) is 14.5 cm³/mol. The molecule has 0 aromatic heterocycles. The molecule has 0 saturated carbocycles. The van der Waals surface area contributed by atoms with Gasteiger partial charge in [0.2, 0.25) is 0 Å². The SMILES string of the molecule is O.O.O.O.[Ti].[Y].[Zr]. The second-order valence-electron chi connectivity index (χ2n) is 0. The van der Waals surface area contributed by atoms with Gasteiger partial charge in [0, 0.05) is 80.6 Å². The van der Waals surface area contributed by atoms with Crippen LogP contribution in [0.5, 0.6) is 0 Å². The van der Waals surface area contributed by atoms with Crippen LogP contribution in [0.25, 0.3) is 0 Å². The third kappa shape index (κ3) is 56.6. The van der Waals surface area contributed by atoms with Gasteiger partial charge in [-0.2, -0.15) is 0 Å². The summed E-state index contributed by atoms with van der Waals surface area (Å²) in [6.45, 7) is 0. The first-order valence-electron chi connectivity index (χ1n) is 0. The van der Waals surface area contributed by atoms with Gasteiger partial charge >= 0.3 is 0 Å². The van der Waals surface area contributed by atoms with Crippen molar-refractivity contribution in [2.75, 3.05) is 0 Å². The van der Waals surface area contributed by atoms with Crippen molar-refractivity contribution in [1.82, 2.24) is 0 Å². The Labute approximate surface area is 101 Å². The third-order valence-electron chi connectivity index (χ3n) is 0. The summed E-state index contributed by atoms with van der Waals surface area (Å²) in [5.41, 5.74) is 0. The summed E-state index contributed by atoms with van der Waals surface area (Å²) < 4.78 is 0. The normalized spacial score (nSPS) is 0. The van der Waals surface area contributed by atoms with Crippen LogP contribution in [-0.4, -0.2) is 21.9 Å². The average Bonchev–Trinajstić information content (AvgIpc) is 0. The smallest absolute Gasteiger partial charge is 0 e. The minimum atomic E-state index is 0. The maximum atomic E-state index is 0. The van der Waals surface area contributed by atoms with E-state index < -0.39 is 0 Å². The topological polar surface area (TPSA) is 126 Å². The van der Waals surface area contributed by atoms with Gasteiger partial charge < -0.3 is 21.9 Å². The molecule has 1 radical (unpaired) electrons. The Morgan fingerprint density at radius 3 is 0.571 bits per heavy atom. The van der Waals surface area contributed by atoms with E-state index in [2.05, 4.69) is 0 Å². The fraction of sp³-hybridized carbons (Fsp3) is 0. The summed E-state index contributed by atoms with van der Waals surface area (Å²) in [4.78, 5) is 0. The Balaban J connectivity index is 0. The van der Waals surface area contributed by atoms with Crippen molar-refractivity contribution in [3.63, 3.8) is 0 Å². The molecular formula is H8O4TiYZr. The molecule has 0 aliphatic heterocycles. The Bertz CT molecular complexity index is 11.7. The van der Waals surface area contributed by atoms with Crippen LogP contribution in [0.3, 0.4) is 0 Å². The van der Waals surface area contributed by atoms with Crippen molar-refractivity contribution in [2.24, 2.45) is 0 Å². The Kier molecular flexibility index (Phi) is 1160. The molecule has 0 unspecified atom stereocenters. The standard InChI is InChI=1S/4H2O.Ti.Y.Zr/h4*1H2;;;. The zero-order valence-electron chi connectivity index (χ0n) is 3.58. The minimum absolute atomic E-state index is 0. The fourth-order valence-corrected chi connectivity index (χ4v) is 0. The molecule has 0 aromatic carbocycles. The van der Waals surface area contributed by atoms with E-state index in [0.29, 0.717) is 0 Å². The number of hydrogen-bond donors (Lipinski definition) is 0. The van der Waals surface area contributed by atoms with Crippen molar-refractivity contribution in [1.29, 1.82) is 0 Å². The first-order valence-corrected chi connectivity index (χ1v) is 0. The van der Waals surface area contributed by atoms with E-state index >= 15 is 0 Å². The summed E-state index contributed by atoms with van der Waals surface area (Å²) in [5.74, 6) is 0. The summed E-state index contributed by atoms with van der Waals surface area (Å²) in [7, 11) is 0. The molecule has 0 fully saturated rings. The summed E-state index contributed by atoms with van der Waals surface area (Å²) >= 11 is 0. The van der Waals surface area contributed by atoms with E-state index in [9.17, 15) is 0 Å². The fourth-order valence-electron chi connectivity index (χ4n) is 0. The van der Waals surface area contributed by atoms with Gasteiger partial charge in [-0.15, -0.1) is 0 Å². The van der Waals surface area contributed by atoms with Gasteiger partial charge in [0.1, 0.15) is 0 Å². The molecule has 0 spiro atoms. The van der Waals surface area contributed by atoms with Crippen LogP contribution in [0.2, 0.25) is 0 Å². The molecule has 0 heterocycles. The summed E-state index contributed by atoms with van der Waals surface area (Å²) in [6.07, 6.45) is 0. The minimum Gasteiger partial charge on any atom is -0.412 e. The Morgan fingerprint density at radius 1 is 0.571 bits per heavy atom. The second kappa shape index (κ2) is 75.2. The van der Waals surface area contributed by atoms with Crippen molar-refractivity contribution in [3.8, 4) is 0 Å². The van der Waals surface area contributed by atoms with Crippen molar-refractivity contribution in [3.05, 3.63) is 0 Å². The molecule has 8 N–H and O–H groups in total. The number of rotatable bonds is 0. The first kappa shape index (κ1) is 108. The summed E-state index contributed by atoms with van der Waals surface area (Å²) in [6, 6.07) is 0. The van der Waals surface area contributed by atoms with Gasteiger partial charge in [-0.05, 0) is 0 Å². The average molecular weight is 300 g/mol. The molecule has 0 rings (SSSR count). The van der Waals surface area contributed by atoms with Gasteiger partial charge in [0.05, 0.1) is 0 Å². The van der Waals surface area contributed by atoms with Crippen LogP contribution in [0.15, 0.2) is 0 Å². The molecule has 0 amide bonds. The van der Waals surface area contributed by atoms with Crippen molar-refractivity contribution < 1.29 is 103 Å². The predicted octanol–water partition coefficient (Wildman–Crippen LogP) is -3.31. The quantitative estimate of drug-likeness (QED) is 0.415. The van der Waals surface area contributed by atoms with Gasteiger partial charge in [0.25, 0.3) is 0 Å². The van der Waals surface area contributed by atoms with E-state index in [1.54, 1.807) is 0 Å². The Hall–Kier alpha value is 2.54.